The molecule has 1 unspecified atom stereocenters. The first-order valence-electron chi connectivity index (χ1n) is 2.77. The average Bonchev–Trinajstić information content (AvgIpc) is 2.33. The number of thioether (sulfide) groups is 1. The van der Waals surface area contributed by atoms with E-state index in [1.54, 1.807) is 11.8 Å². The first kappa shape index (κ1) is 5.10. The van der Waals surface area contributed by atoms with Crippen molar-refractivity contribution in [1.82, 2.24) is 0 Å². The van der Waals surface area contributed by atoms with Crippen LogP contribution in [0.15, 0.2) is 34.6 Å². The highest BCUT2D eigenvalue weighted by Gasteiger charge is 2.15. The molecule has 0 spiro atoms. The lowest BCUT2D eigenvalue weighted by Gasteiger charge is -2.01. The van der Waals surface area contributed by atoms with Gasteiger partial charge in [-0.15, -0.1) is 5.73 Å². The smallest absolute Gasteiger partial charge is 0.0780 e. The van der Waals surface area contributed by atoms with Crippen molar-refractivity contribution >= 4 is 17.3 Å². The highest BCUT2D eigenvalue weighted by atomic mass is 32.2. The lowest BCUT2D eigenvalue weighted by atomic mass is 10.2. The Hall–Kier alpha value is -0.720. The Labute approximate surface area is 57.9 Å². The van der Waals surface area contributed by atoms with Gasteiger partial charge in [0, 0.05) is 0 Å². The third-order valence-electron chi connectivity index (χ3n) is 1.30. The van der Waals surface area contributed by atoms with Crippen LogP contribution in [0.1, 0.15) is 0 Å². The van der Waals surface area contributed by atoms with Gasteiger partial charge in [-0.1, -0.05) is 11.8 Å². The van der Waals surface area contributed by atoms with E-state index < -0.39 is 0 Å². The Kier molecular flexibility index (Phi) is 1.08. The normalized spacial score (nSPS) is 28.4. The highest BCUT2D eigenvalue weighted by Crippen LogP contribution is 2.27. The van der Waals surface area contributed by atoms with E-state index in [4.69, 9.17) is 0 Å². The SMILES string of the molecule is C1=CC=C2N=CSC2C=1. The minimum atomic E-state index is 0.454. The molecule has 0 amide bonds. The van der Waals surface area contributed by atoms with Crippen LogP contribution >= 0.6 is 11.8 Å². The predicted molar refractivity (Wildman–Crippen MR) is 40.6 cm³/mol. The molecule has 9 heavy (non-hydrogen) atoms. The molecule has 2 aliphatic rings. The molecule has 0 aromatic carbocycles. The lowest BCUT2D eigenvalue weighted by molar-refractivity contribution is 1.20. The van der Waals surface area contributed by atoms with E-state index in [1.807, 2.05) is 23.8 Å². The number of fused-ring (bicyclic) bond motifs is 1. The van der Waals surface area contributed by atoms with Crippen LogP contribution in [0.5, 0.6) is 0 Å². The monoisotopic (exact) mass is 135 g/mol. The van der Waals surface area contributed by atoms with Gasteiger partial charge in [0.2, 0.25) is 0 Å². The van der Waals surface area contributed by atoms with E-state index in [9.17, 15) is 0 Å². The van der Waals surface area contributed by atoms with Gasteiger partial charge in [-0.25, -0.2) is 0 Å². The van der Waals surface area contributed by atoms with Crippen LogP contribution in [0.4, 0.5) is 0 Å². The zero-order valence-corrected chi connectivity index (χ0v) is 5.56. The first-order valence-corrected chi connectivity index (χ1v) is 3.72. The minimum Gasteiger partial charge on any atom is -0.253 e. The van der Waals surface area contributed by atoms with Crippen LogP contribution in [0, 0.1) is 0 Å². The van der Waals surface area contributed by atoms with E-state index in [0.29, 0.717) is 5.25 Å². The molecule has 1 nitrogen and oxygen atoms in total. The van der Waals surface area contributed by atoms with Crippen molar-refractivity contribution in [2.45, 2.75) is 5.25 Å². The van der Waals surface area contributed by atoms with Gasteiger partial charge in [-0.3, -0.25) is 4.99 Å². The van der Waals surface area contributed by atoms with Gasteiger partial charge >= 0.3 is 0 Å². The largest absolute Gasteiger partial charge is 0.253 e. The lowest BCUT2D eigenvalue weighted by Crippen LogP contribution is -1.95. The fourth-order valence-electron chi connectivity index (χ4n) is 0.839. The molecule has 2 rings (SSSR count). The summed E-state index contributed by atoms with van der Waals surface area (Å²) in [5.41, 5.74) is 6.06. The molecule has 0 aromatic heterocycles. The van der Waals surface area contributed by atoms with Crippen molar-refractivity contribution in [3.8, 4) is 0 Å². The molecule has 0 aromatic rings. The fourth-order valence-corrected chi connectivity index (χ4v) is 1.59. The number of aliphatic imine (C=N–C) groups is 1. The number of hydrogen-bond donors (Lipinski definition) is 0. The van der Waals surface area contributed by atoms with E-state index in [-0.39, 0.29) is 0 Å². The topological polar surface area (TPSA) is 12.4 Å². The molecule has 1 atom stereocenters. The van der Waals surface area contributed by atoms with Gasteiger partial charge in [0.05, 0.1) is 16.5 Å². The van der Waals surface area contributed by atoms with Gasteiger partial charge < -0.3 is 0 Å². The Balaban J connectivity index is 2.43. The van der Waals surface area contributed by atoms with Crippen LogP contribution in [0.2, 0.25) is 0 Å². The number of allylic oxidation sites excluding steroid dienone is 1. The molecule has 44 valence electrons. The van der Waals surface area contributed by atoms with Crippen molar-refractivity contribution in [1.29, 1.82) is 0 Å². The summed E-state index contributed by atoms with van der Waals surface area (Å²) >= 11 is 1.73. The second kappa shape index (κ2) is 1.90. The van der Waals surface area contributed by atoms with Gasteiger partial charge in [-0.2, -0.15) is 0 Å². The molecule has 0 N–H and O–H groups in total. The summed E-state index contributed by atoms with van der Waals surface area (Å²) in [5.74, 6) is 0. The molecule has 2 heteroatoms. The maximum absolute atomic E-state index is 4.15. The van der Waals surface area contributed by atoms with Crippen molar-refractivity contribution in [2.75, 3.05) is 0 Å². The van der Waals surface area contributed by atoms with Gasteiger partial charge in [-0.05, 0) is 18.2 Å². The summed E-state index contributed by atoms with van der Waals surface area (Å²) in [6.07, 6.45) is 5.93. The van der Waals surface area contributed by atoms with Crippen molar-refractivity contribution in [3.63, 3.8) is 0 Å². The molecule has 1 heterocycles. The highest BCUT2D eigenvalue weighted by molar-refractivity contribution is 8.13. The quantitative estimate of drug-likeness (QED) is 0.461. The zero-order chi connectivity index (χ0) is 6.10. The number of rotatable bonds is 0. The minimum absolute atomic E-state index is 0.454. The Morgan fingerprint density at radius 3 is 3.56 bits per heavy atom. The second-order valence-electron chi connectivity index (χ2n) is 1.88. The molecular formula is C7H5NS. The van der Waals surface area contributed by atoms with E-state index >= 15 is 0 Å². The predicted octanol–water partition coefficient (Wildman–Crippen LogP) is 1.74. The second-order valence-corrected chi connectivity index (χ2v) is 2.87. The van der Waals surface area contributed by atoms with Gasteiger partial charge in [0.1, 0.15) is 0 Å². The third kappa shape index (κ3) is 0.766. The summed E-state index contributed by atoms with van der Waals surface area (Å²) in [5, 5.41) is 0.454. The molecule has 1 aliphatic carbocycles. The maximum Gasteiger partial charge on any atom is 0.0780 e. The fraction of sp³-hybridized carbons (Fsp3) is 0.143. The third-order valence-corrected chi connectivity index (χ3v) is 2.20. The first-order chi connectivity index (χ1) is 4.47. The van der Waals surface area contributed by atoms with Crippen LogP contribution in [-0.2, 0) is 0 Å². The van der Waals surface area contributed by atoms with E-state index in [1.165, 1.54) is 0 Å². The van der Waals surface area contributed by atoms with Gasteiger partial charge in [0.25, 0.3) is 0 Å². The van der Waals surface area contributed by atoms with Crippen LogP contribution in [0.25, 0.3) is 0 Å². The maximum atomic E-state index is 4.15. The average molecular weight is 135 g/mol. The van der Waals surface area contributed by atoms with Crippen LogP contribution in [-0.4, -0.2) is 10.8 Å². The zero-order valence-electron chi connectivity index (χ0n) is 4.74. The van der Waals surface area contributed by atoms with Crippen LogP contribution in [0.3, 0.4) is 0 Å². The molecule has 0 saturated heterocycles. The van der Waals surface area contributed by atoms with Crippen molar-refractivity contribution < 1.29 is 0 Å². The summed E-state index contributed by atoms with van der Waals surface area (Å²) in [4.78, 5) is 4.15. The summed E-state index contributed by atoms with van der Waals surface area (Å²) in [6.45, 7) is 0. The summed E-state index contributed by atoms with van der Waals surface area (Å²) in [6, 6.07) is 0. The van der Waals surface area contributed by atoms with Crippen LogP contribution < -0.4 is 0 Å². The van der Waals surface area contributed by atoms with Crippen molar-refractivity contribution in [2.24, 2.45) is 4.99 Å². The molecule has 0 saturated carbocycles. The molecular weight excluding hydrogens is 130 g/mol. The van der Waals surface area contributed by atoms with E-state index in [0.717, 1.165) is 5.70 Å². The number of hydrogen-bond acceptors (Lipinski definition) is 2. The van der Waals surface area contributed by atoms with E-state index in [2.05, 4.69) is 10.7 Å². The Morgan fingerprint density at radius 2 is 2.67 bits per heavy atom. The Morgan fingerprint density at radius 1 is 1.67 bits per heavy atom. The summed E-state index contributed by atoms with van der Waals surface area (Å²) < 4.78 is 0. The molecule has 0 bridgehead atoms. The Bertz CT molecular complexity index is 244. The molecule has 0 radical (unpaired) electrons. The van der Waals surface area contributed by atoms with Crippen molar-refractivity contribution in [3.05, 3.63) is 29.7 Å². The number of nitrogens with zero attached hydrogens (tertiary/aromatic N) is 1. The summed E-state index contributed by atoms with van der Waals surface area (Å²) in [7, 11) is 0. The van der Waals surface area contributed by atoms with Gasteiger partial charge in [0.15, 0.2) is 0 Å². The molecule has 1 aliphatic heterocycles. The standard InChI is InChI=1S/C7H5NS/c1-2-4-7-6(3-1)8-5-9-7/h1,3-5,7H. The molecule has 0 fully saturated rings.